The van der Waals surface area contributed by atoms with Crippen LogP contribution in [0.3, 0.4) is 0 Å². The number of hydrogen-bond acceptors (Lipinski definition) is 2. The Morgan fingerprint density at radius 3 is 2.39 bits per heavy atom. The maximum atomic E-state index is 12.9. The number of nitrogens with two attached hydrogens (primary N) is 1. The number of carbonyl (C=O) groups excluding carboxylic acids is 2. The van der Waals surface area contributed by atoms with Gasteiger partial charge < -0.3 is 11.1 Å². The largest absolute Gasteiger partial charge is 0.368 e. The van der Waals surface area contributed by atoms with Crippen LogP contribution in [-0.2, 0) is 4.79 Å². The minimum atomic E-state index is -0.734. The van der Waals surface area contributed by atoms with Crippen LogP contribution < -0.4 is 11.1 Å². The van der Waals surface area contributed by atoms with Crippen LogP contribution in [0.15, 0.2) is 18.2 Å². The summed E-state index contributed by atoms with van der Waals surface area (Å²) in [7, 11) is 0. The molecule has 0 aliphatic heterocycles. The molecular weight excluding hydrogens is 235 g/mol. The van der Waals surface area contributed by atoms with Crippen molar-refractivity contribution in [2.24, 2.45) is 11.7 Å². The van der Waals surface area contributed by atoms with Crippen molar-refractivity contribution in [1.82, 2.24) is 5.32 Å². The van der Waals surface area contributed by atoms with Crippen molar-refractivity contribution >= 4 is 11.8 Å². The molecule has 1 rings (SSSR count). The lowest BCUT2D eigenvalue weighted by atomic mass is 10.0. The summed E-state index contributed by atoms with van der Waals surface area (Å²) in [5.74, 6) is -1.52. The molecule has 1 aromatic rings. The fourth-order valence-corrected chi connectivity index (χ4v) is 1.67. The number of rotatable bonds is 4. The van der Waals surface area contributed by atoms with Crippen molar-refractivity contribution in [3.05, 3.63) is 35.1 Å². The predicted molar refractivity (Wildman–Crippen MR) is 66.4 cm³/mol. The summed E-state index contributed by atoms with van der Waals surface area (Å²) in [6.07, 6.45) is 0. The van der Waals surface area contributed by atoms with E-state index in [4.69, 9.17) is 5.73 Å². The molecule has 0 bridgehead atoms. The Kier molecular flexibility index (Phi) is 4.42. The van der Waals surface area contributed by atoms with E-state index in [0.717, 1.165) is 0 Å². The molecule has 0 saturated heterocycles. The quantitative estimate of drug-likeness (QED) is 0.849. The lowest BCUT2D eigenvalue weighted by Crippen LogP contribution is -2.47. The SMILES string of the molecule is Cc1cc(F)ccc1C(=O)NC(C(N)=O)C(C)C. The van der Waals surface area contributed by atoms with E-state index in [1.54, 1.807) is 20.8 Å². The minimum Gasteiger partial charge on any atom is -0.368 e. The molecule has 0 aliphatic rings. The molecule has 0 spiro atoms. The highest BCUT2D eigenvalue weighted by Gasteiger charge is 2.22. The van der Waals surface area contributed by atoms with Crippen molar-refractivity contribution in [2.45, 2.75) is 26.8 Å². The third-order valence-electron chi connectivity index (χ3n) is 2.69. The summed E-state index contributed by atoms with van der Waals surface area (Å²) in [6.45, 7) is 5.20. The smallest absolute Gasteiger partial charge is 0.252 e. The van der Waals surface area contributed by atoms with Crippen LogP contribution in [0.1, 0.15) is 29.8 Å². The van der Waals surface area contributed by atoms with Gasteiger partial charge in [-0.05, 0) is 36.6 Å². The number of hydrogen-bond donors (Lipinski definition) is 2. The molecule has 4 nitrogen and oxygen atoms in total. The Hall–Kier alpha value is -1.91. The van der Waals surface area contributed by atoms with Crippen LogP contribution in [0.25, 0.3) is 0 Å². The Balaban J connectivity index is 2.91. The number of carbonyl (C=O) groups is 2. The van der Waals surface area contributed by atoms with E-state index in [0.29, 0.717) is 11.1 Å². The Bertz CT molecular complexity index is 472. The first-order chi connectivity index (χ1) is 8.32. The number of amides is 2. The van der Waals surface area contributed by atoms with Crippen LogP contribution >= 0.6 is 0 Å². The topological polar surface area (TPSA) is 72.2 Å². The molecule has 98 valence electrons. The molecule has 3 N–H and O–H groups in total. The normalized spacial score (nSPS) is 12.3. The van der Waals surface area contributed by atoms with E-state index < -0.39 is 23.7 Å². The fourth-order valence-electron chi connectivity index (χ4n) is 1.67. The molecular formula is C13H17FN2O2. The summed E-state index contributed by atoms with van der Waals surface area (Å²) in [5, 5.41) is 2.56. The Morgan fingerprint density at radius 1 is 1.33 bits per heavy atom. The van der Waals surface area contributed by atoms with Crippen molar-refractivity contribution in [1.29, 1.82) is 0 Å². The summed E-state index contributed by atoms with van der Waals surface area (Å²) >= 11 is 0. The number of aryl methyl sites for hydroxylation is 1. The maximum Gasteiger partial charge on any atom is 0.252 e. The fraction of sp³-hybridized carbons (Fsp3) is 0.385. The number of nitrogens with one attached hydrogen (secondary N) is 1. The van der Waals surface area contributed by atoms with Gasteiger partial charge in [0, 0.05) is 5.56 Å². The predicted octanol–water partition coefficient (Wildman–Crippen LogP) is 1.37. The highest BCUT2D eigenvalue weighted by Crippen LogP contribution is 2.11. The van der Waals surface area contributed by atoms with Crippen LogP contribution in [-0.4, -0.2) is 17.9 Å². The van der Waals surface area contributed by atoms with Crippen LogP contribution in [0, 0.1) is 18.7 Å². The maximum absolute atomic E-state index is 12.9. The zero-order valence-electron chi connectivity index (χ0n) is 10.7. The lowest BCUT2D eigenvalue weighted by Gasteiger charge is -2.19. The summed E-state index contributed by atoms with van der Waals surface area (Å²) in [4.78, 5) is 23.1. The first-order valence-electron chi connectivity index (χ1n) is 5.69. The average Bonchev–Trinajstić information content (AvgIpc) is 2.24. The average molecular weight is 252 g/mol. The van der Waals surface area contributed by atoms with Gasteiger partial charge in [-0.25, -0.2) is 4.39 Å². The zero-order valence-corrected chi connectivity index (χ0v) is 10.7. The van der Waals surface area contributed by atoms with Gasteiger partial charge in [-0.1, -0.05) is 13.8 Å². The van der Waals surface area contributed by atoms with Crippen LogP contribution in [0.5, 0.6) is 0 Å². The molecule has 0 saturated carbocycles. The van der Waals surface area contributed by atoms with Crippen molar-refractivity contribution in [2.75, 3.05) is 0 Å². The second-order valence-electron chi connectivity index (χ2n) is 4.56. The van der Waals surface area contributed by atoms with E-state index in [1.807, 2.05) is 0 Å². The second kappa shape index (κ2) is 5.62. The van der Waals surface area contributed by atoms with E-state index in [2.05, 4.69) is 5.32 Å². The van der Waals surface area contributed by atoms with Gasteiger partial charge in [0.1, 0.15) is 11.9 Å². The molecule has 5 heteroatoms. The molecule has 1 unspecified atom stereocenters. The molecule has 1 atom stereocenters. The van der Waals surface area contributed by atoms with Crippen molar-refractivity contribution < 1.29 is 14.0 Å². The Labute approximate surface area is 105 Å². The van der Waals surface area contributed by atoms with Gasteiger partial charge in [0.25, 0.3) is 5.91 Å². The standard InChI is InChI=1S/C13H17FN2O2/c1-7(2)11(12(15)17)16-13(18)10-5-4-9(14)6-8(10)3/h4-7,11H,1-3H3,(H2,15,17)(H,16,18). The van der Waals surface area contributed by atoms with Crippen molar-refractivity contribution in [3.8, 4) is 0 Å². The molecule has 2 amide bonds. The van der Waals surface area contributed by atoms with Gasteiger partial charge >= 0.3 is 0 Å². The van der Waals surface area contributed by atoms with Gasteiger partial charge in [0.05, 0.1) is 0 Å². The van der Waals surface area contributed by atoms with Gasteiger partial charge in [0.15, 0.2) is 0 Å². The lowest BCUT2D eigenvalue weighted by molar-refractivity contribution is -0.120. The summed E-state index contributed by atoms with van der Waals surface area (Å²) in [6, 6.07) is 3.13. The molecule has 0 aliphatic carbocycles. The second-order valence-corrected chi connectivity index (χ2v) is 4.56. The molecule has 0 aromatic heterocycles. The third kappa shape index (κ3) is 3.29. The van der Waals surface area contributed by atoms with Gasteiger partial charge in [0.2, 0.25) is 5.91 Å². The molecule has 18 heavy (non-hydrogen) atoms. The first-order valence-corrected chi connectivity index (χ1v) is 5.69. The van der Waals surface area contributed by atoms with E-state index in [9.17, 15) is 14.0 Å². The summed E-state index contributed by atoms with van der Waals surface area (Å²) < 4.78 is 12.9. The van der Waals surface area contributed by atoms with E-state index >= 15 is 0 Å². The highest BCUT2D eigenvalue weighted by atomic mass is 19.1. The van der Waals surface area contributed by atoms with Gasteiger partial charge in [-0.15, -0.1) is 0 Å². The third-order valence-corrected chi connectivity index (χ3v) is 2.69. The number of benzene rings is 1. The van der Waals surface area contributed by atoms with Gasteiger partial charge in [-0.2, -0.15) is 0 Å². The van der Waals surface area contributed by atoms with Gasteiger partial charge in [-0.3, -0.25) is 9.59 Å². The molecule has 0 fully saturated rings. The van der Waals surface area contributed by atoms with Crippen LogP contribution in [0.4, 0.5) is 4.39 Å². The molecule has 0 heterocycles. The Morgan fingerprint density at radius 2 is 1.94 bits per heavy atom. The molecule has 1 aromatic carbocycles. The first kappa shape index (κ1) is 14.2. The van der Waals surface area contributed by atoms with Crippen LogP contribution in [0.2, 0.25) is 0 Å². The zero-order chi connectivity index (χ0) is 13.9. The summed E-state index contributed by atoms with van der Waals surface area (Å²) in [5.41, 5.74) is 6.06. The number of halogens is 1. The monoisotopic (exact) mass is 252 g/mol. The van der Waals surface area contributed by atoms with Crippen molar-refractivity contribution in [3.63, 3.8) is 0 Å². The molecule has 0 radical (unpaired) electrons. The minimum absolute atomic E-state index is 0.104. The van der Waals surface area contributed by atoms with E-state index in [-0.39, 0.29) is 5.92 Å². The van der Waals surface area contributed by atoms with E-state index in [1.165, 1.54) is 18.2 Å². The highest BCUT2D eigenvalue weighted by molar-refractivity contribution is 5.98. The number of primary amides is 1.